The van der Waals surface area contributed by atoms with Crippen molar-refractivity contribution in [3.05, 3.63) is 41.5 Å². The number of hydrogen-bond donors (Lipinski definition) is 1. The molecule has 0 radical (unpaired) electrons. The van der Waals surface area contributed by atoms with Crippen molar-refractivity contribution in [3.63, 3.8) is 0 Å². The molecule has 0 bridgehead atoms. The third kappa shape index (κ3) is 2.65. The maximum absolute atomic E-state index is 10.7. The van der Waals surface area contributed by atoms with Gasteiger partial charge in [-0.3, -0.25) is 4.79 Å². The topological polar surface area (TPSA) is 40.3 Å². The summed E-state index contributed by atoms with van der Waals surface area (Å²) in [6.07, 6.45) is 6.62. The summed E-state index contributed by atoms with van der Waals surface area (Å²) in [6, 6.07) is 11.2. The average molecular weight is 350 g/mol. The molecule has 2 aliphatic rings. The zero-order chi connectivity index (χ0) is 18.3. The fourth-order valence-corrected chi connectivity index (χ4v) is 4.99. The van der Waals surface area contributed by atoms with Gasteiger partial charge in [0.1, 0.15) is 6.54 Å². The predicted molar refractivity (Wildman–Crippen MR) is 106 cm³/mol. The van der Waals surface area contributed by atoms with Gasteiger partial charge in [-0.15, -0.1) is 0 Å². The van der Waals surface area contributed by atoms with Crippen molar-refractivity contribution in [1.82, 2.24) is 0 Å². The van der Waals surface area contributed by atoms with E-state index in [-0.39, 0.29) is 11.8 Å². The third-order valence-corrected chi connectivity index (χ3v) is 6.57. The predicted octanol–water partition coefficient (Wildman–Crippen LogP) is 5.20. The van der Waals surface area contributed by atoms with Crippen LogP contribution in [0.15, 0.2) is 30.3 Å². The van der Waals surface area contributed by atoms with Crippen molar-refractivity contribution >= 4 is 28.1 Å². The maximum Gasteiger partial charge on any atom is 0.303 e. The minimum atomic E-state index is -0.682. The van der Waals surface area contributed by atoms with E-state index in [0.29, 0.717) is 0 Å². The molecule has 0 saturated heterocycles. The van der Waals surface area contributed by atoms with Crippen LogP contribution in [0.1, 0.15) is 63.5 Å². The molecule has 3 heteroatoms. The monoisotopic (exact) mass is 350 g/mol. The molecule has 0 saturated carbocycles. The van der Waals surface area contributed by atoms with E-state index >= 15 is 0 Å². The standard InChI is InChI=1S/C23H27NO2/c1-16-23(2,13-7-3-4-12-21(25)26)20-15-17-9-5-6-10-18(17)19-11-8-14-24(16)22(19)20/h5-6,9-10,15H,3-4,7-8,11-14H2,1-2H3/p+1. The minimum absolute atomic E-state index is 0.0711. The van der Waals surface area contributed by atoms with E-state index < -0.39 is 5.97 Å². The fraction of sp³-hybridized carbons (Fsp3) is 0.478. The van der Waals surface area contributed by atoms with Gasteiger partial charge in [-0.25, -0.2) is 0 Å². The van der Waals surface area contributed by atoms with Gasteiger partial charge in [0.05, 0.1) is 5.41 Å². The quantitative estimate of drug-likeness (QED) is 0.575. The van der Waals surface area contributed by atoms with Crippen LogP contribution in [0.3, 0.4) is 0 Å². The summed E-state index contributed by atoms with van der Waals surface area (Å²) < 4.78 is 2.57. The van der Waals surface area contributed by atoms with E-state index in [1.165, 1.54) is 46.1 Å². The van der Waals surface area contributed by atoms with Gasteiger partial charge in [-0.2, -0.15) is 4.58 Å². The summed E-state index contributed by atoms with van der Waals surface area (Å²) in [5, 5.41) is 11.6. The highest BCUT2D eigenvalue weighted by Crippen LogP contribution is 2.48. The van der Waals surface area contributed by atoms with E-state index in [1.807, 2.05) is 0 Å². The van der Waals surface area contributed by atoms with Crippen LogP contribution in [-0.2, 0) is 16.6 Å². The van der Waals surface area contributed by atoms with Gasteiger partial charge in [-0.1, -0.05) is 37.1 Å². The van der Waals surface area contributed by atoms with Crippen molar-refractivity contribution < 1.29 is 14.5 Å². The molecule has 2 aromatic carbocycles. The number of hydrogen-bond acceptors (Lipinski definition) is 1. The molecule has 1 N–H and O–H groups in total. The van der Waals surface area contributed by atoms with Gasteiger partial charge in [0, 0.05) is 30.9 Å². The minimum Gasteiger partial charge on any atom is -0.481 e. The van der Waals surface area contributed by atoms with Crippen LogP contribution in [0.25, 0.3) is 10.8 Å². The Morgan fingerprint density at radius 2 is 2.04 bits per heavy atom. The fourth-order valence-electron chi connectivity index (χ4n) is 4.99. The second-order valence-corrected chi connectivity index (χ2v) is 8.10. The van der Waals surface area contributed by atoms with Gasteiger partial charge in [-0.05, 0) is 43.0 Å². The van der Waals surface area contributed by atoms with E-state index in [4.69, 9.17) is 5.11 Å². The van der Waals surface area contributed by atoms with E-state index in [1.54, 1.807) is 0 Å². The lowest BCUT2D eigenvalue weighted by atomic mass is 9.74. The molecule has 2 aliphatic heterocycles. The molecule has 0 aliphatic carbocycles. The van der Waals surface area contributed by atoms with Gasteiger partial charge < -0.3 is 5.11 Å². The number of aliphatic carboxylic acids is 1. The van der Waals surface area contributed by atoms with Crippen molar-refractivity contribution in [1.29, 1.82) is 0 Å². The Morgan fingerprint density at radius 3 is 2.85 bits per heavy atom. The number of fused-ring (bicyclic) bond motifs is 2. The lowest BCUT2D eigenvalue weighted by molar-refractivity contribution is -0.444. The van der Waals surface area contributed by atoms with Crippen LogP contribution < -0.4 is 0 Å². The van der Waals surface area contributed by atoms with Crippen LogP contribution >= 0.6 is 0 Å². The summed E-state index contributed by atoms with van der Waals surface area (Å²) in [5.74, 6) is -0.682. The number of carboxylic acids is 1. The van der Waals surface area contributed by atoms with E-state index in [2.05, 4.69) is 48.8 Å². The highest BCUT2D eigenvalue weighted by atomic mass is 16.4. The summed E-state index contributed by atoms with van der Waals surface area (Å²) in [4.78, 5) is 10.7. The smallest absolute Gasteiger partial charge is 0.303 e. The maximum atomic E-state index is 10.7. The molecular weight excluding hydrogens is 322 g/mol. The molecular formula is C23H28NO2+. The number of carbonyl (C=O) groups is 1. The summed E-state index contributed by atoms with van der Waals surface area (Å²) in [7, 11) is 0. The van der Waals surface area contributed by atoms with Gasteiger partial charge in [0.2, 0.25) is 5.69 Å². The zero-order valence-electron chi connectivity index (χ0n) is 15.8. The number of aryl methyl sites for hydroxylation is 1. The first-order valence-corrected chi connectivity index (χ1v) is 9.91. The Kier molecular flexibility index (Phi) is 4.34. The molecule has 1 atom stereocenters. The van der Waals surface area contributed by atoms with Gasteiger partial charge in [0.15, 0.2) is 5.71 Å². The van der Waals surface area contributed by atoms with Crippen LogP contribution in [0.4, 0.5) is 5.69 Å². The molecule has 0 aromatic heterocycles. The molecule has 136 valence electrons. The van der Waals surface area contributed by atoms with Crippen LogP contribution in [0.5, 0.6) is 0 Å². The zero-order valence-corrected chi connectivity index (χ0v) is 15.8. The molecule has 0 spiro atoms. The van der Waals surface area contributed by atoms with E-state index in [0.717, 1.165) is 32.2 Å². The molecule has 2 heterocycles. The number of carboxylic acid groups (broad SMARTS) is 1. The lowest BCUT2D eigenvalue weighted by Gasteiger charge is -2.23. The Bertz CT molecular complexity index is 912. The highest BCUT2D eigenvalue weighted by molar-refractivity contribution is 5.99. The Labute approximate surface area is 155 Å². The SMILES string of the molecule is CC1=[N+]2CCCc3c2c(cc2ccccc32)C1(C)CCCCCC(=O)O. The number of benzene rings is 2. The molecule has 4 rings (SSSR count). The lowest BCUT2D eigenvalue weighted by Crippen LogP contribution is -2.30. The van der Waals surface area contributed by atoms with Crippen LogP contribution in [0, 0.1) is 0 Å². The number of unbranched alkanes of at least 4 members (excludes halogenated alkanes) is 2. The molecule has 0 fully saturated rings. The summed E-state index contributed by atoms with van der Waals surface area (Å²) in [6.45, 7) is 5.82. The highest BCUT2D eigenvalue weighted by Gasteiger charge is 2.48. The number of rotatable bonds is 6. The normalized spacial score (nSPS) is 21.3. The van der Waals surface area contributed by atoms with Gasteiger partial charge >= 0.3 is 5.97 Å². The van der Waals surface area contributed by atoms with Crippen molar-refractivity contribution in [2.24, 2.45) is 0 Å². The molecule has 3 nitrogen and oxygen atoms in total. The summed E-state index contributed by atoms with van der Waals surface area (Å²) in [5.41, 5.74) is 6.03. The average Bonchev–Trinajstić information content (AvgIpc) is 2.85. The van der Waals surface area contributed by atoms with Crippen LogP contribution in [-0.4, -0.2) is 27.9 Å². The Balaban J connectivity index is 1.71. The van der Waals surface area contributed by atoms with Crippen LogP contribution in [0.2, 0.25) is 0 Å². The summed E-state index contributed by atoms with van der Waals surface area (Å²) >= 11 is 0. The number of nitrogens with zero attached hydrogens (tertiary/aromatic N) is 1. The molecule has 0 amide bonds. The molecule has 26 heavy (non-hydrogen) atoms. The van der Waals surface area contributed by atoms with Crippen molar-refractivity contribution in [2.45, 2.75) is 64.2 Å². The molecule has 2 aromatic rings. The first-order chi connectivity index (χ1) is 12.5. The molecule has 1 unspecified atom stereocenters. The Hall–Kier alpha value is -2.16. The second kappa shape index (κ2) is 6.53. The van der Waals surface area contributed by atoms with Gasteiger partial charge in [0.25, 0.3) is 0 Å². The second-order valence-electron chi connectivity index (χ2n) is 8.10. The first kappa shape index (κ1) is 17.3. The van der Waals surface area contributed by atoms with E-state index in [9.17, 15) is 4.79 Å². The largest absolute Gasteiger partial charge is 0.481 e. The van der Waals surface area contributed by atoms with Crippen molar-refractivity contribution in [2.75, 3.05) is 6.54 Å². The Morgan fingerprint density at radius 1 is 1.23 bits per heavy atom. The first-order valence-electron chi connectivity index (χ1n) is 9.91. The third-order valence-electron chi connectivity index (χ3n) is 6.57. The van der Waals surface area contributed by atoms with Crippen molar-refractivity contribution in [3.8, 4) is 0 Å².